The van der Waals surface area contributed by atoms with E-state index in [1.165, 1.54) is 0 Å². The van der Waals surface area contributed by atoms with Crippen molar-refractivity contribution >= 4 is 0 Å². The topological polar surface area (TPSA) is 66.0 Å². The summed E-state index contributed by atoms with van der Waals surface area (Å²) in [6.07, 6.45) is 3.07. The van der Waals surface area contributed by atoms with Gasteiger partial charge in [-0.1, -0.05) is 19.1 Å². The first kappa shape index (κ1) is 14.1. The molecule has 1 atom stereocenters. The molecule has 0 fully saturated rings. The predicted octanol–water partition coefficient (Wildman–Crippen LogP) is 2.25. The van der Waals surface area contributed by atoms with E-state index < -0.39 is 0 Å². The second-order valence-electron chi connectivity index (χ2n) is 5.57. The lowest BCUT2D eigenvalue weighted by Crippen LogP contribution is -2.26. The maximum atomic E-state index is 5.82. The second kappa shape index (κ2) is 6.26. The molecule has 1 aliphatic heterocycles. The number of rotatable bonds is 5. The van der Waals surface area contributed by atoms with Crippen LogP contribution in [0.15, 0.2) is 24.3 Å². The van der Waals surface area contributed by atoms with Crippen LogP contribution >= 0.6 is 0 Å². The van der Waals surface area contributed by atoms with Gasteiger partial charge in [0.05, 0.1) is 6.61 Å². The maximum absolute atomic E-state index is 5.82. The maximum Gasteiger partial charge on any atom is 0.164 e. The molecule has 2 aromatic rings. The van der Waals surface area contributed by atoms with Crippen molar-refractivity contribution in [2.75, 3.05) is 13.2 Å². The molecule has 21 heavy (non-hydrogen) atoms. The van der Waals surface area contributed by atoms with Crippen LogP contribution in [0.1, 0.15) is 25.6 Å². The fourth-order valence-corrected chi connectivity index (χ4v) is 2.75. The molecule has 2 heterocycles. The number of aryl methyl sites for hydroxylation is 1. The average Bonchev–Trinajstić information content (AvgIpc) is 2.96. The standard InChI is InChI=1S/C16H22N4O/c1-2-8-21-14-5-3-4-13(9-14)16-19-18-15-7-6-12(10-17)11-20(15)16/h3-5,9,12H,2,6-8,10-11,17H2,1H3. The Kier molecular flexibility index (Phi) is 4.20. The van der Waals surface area contributed by atoms with Crippen LogP contribution < -0.4 is 10.5 Å². The highest BCUT2D eigenvalue weighted by Gasteiger charge is 2.22. The lowest BCUT2D eigenvalue weighted by atomic mass is 9.99. The van der Waals surface area contributed by atoms with Crippen LogP contribution in [0.25, 0.3) is 11.4 Å². The quantitative estimate of drug-likeness (QED) is 0.915. The summed E-state index contributed by atoms with van der Waals surface area (Å²) in [7, 11) is 0. The van der Waals surface area contributed by atoms with Crippen molar-refractivity contribution in [3.63, 3.8) is 0 Å². The van der Waals surface area contributed by atoms with Crippen LogP contribution in [-0.2, 0) is 13.0 Å². The zero-order valence-corrected chi connectivity index (χ0v) is 12.5. The first-order valence-corrected chi connectivity index (χ1v) is 7.67. The van der Waals surface area contributed by atoms with Crippen molar-refractivity contribution in [1.29, 1.82) is 0 Å². The lowest BCUT2D eigenvalue weighted by Gasteiger charge is -2.23. The Morgan fingerprint density at radius 2 is 2.29 bits per heavy atom. The largest absolute Gasteiger partial charge is 0.494 e. The summed E-state index contributed by atoms with van der Waals surface area (Å²) < 4.78 is 7.91. The van der Waals surface area contributed by atoms with Crippen molar-refractivity contribution < 1.29 is 4.74 Å². The molecular formula is C16H22N4O. The van der Waals surface area contributed by atoms with E-state index in [1.54, 1.807) is 0 Å². The van der Waals surface area contributed by atoms with Gasteiger partial charge in [0.25, 0.3) is 0 Å². The fraction of sp³-hybridized carbons (Fsp3) is 0.500. The van der Waals surface area contributed by atoms with Crippen molar-refractivity contribution in [3.05, 3.63) is 30.1 Å². The second-order valence-corrected chi connectivity index (χ2v) is 5.57. The van der Waals surface area contributed by atoms with Gasteiger partial charge in [0.15, 0.2) is 5.82 Å². The number of fused-ring (bicyclic) bond motifs is 1. The zero-order valence-electron chi connectivity index (χ0n) is 12.5. The molecule has 5 heteroatoms. The van der Waals surface area contributed by atoms with E-state index in [9.17, 15) is 0 Å². The van der Waals surface area contributed by atoms with E-state index in [4.69, 9.17) is 10.5 Å². The van der Waals surface area contributed by atoms with Gasteiger partial charge < -0.3 is 15.0 Å². The third-order valence-electron chi connectivity index (χ3n) is 3.94. The molecule has 1 aliphatic rings. The summed E-state index contributed by atoms with van der Waals surface area (Å²) >= 11 is 0. The summed E-state index contributed by atoms with van der Waals surface area (Å²) in [6, 6.07) is 8.09. The van der Waals surface area contributed by atoms with Crippen LogP contribution in [0.2, 0.25) is 0 Å². The Morgan fingerprint density at radius 3 is 3.10 bits per heavy atom. The van der Waals surface area contributed by atoms with Crippen LogP contribution in [0.3, 0.4) is 0 Å². The third-order valence-corrected chi connectivity index (χ3v) is 3.94. The molecule has 112 valence electrons. The van der Waals surface area contributed by atoms with Gasteiger partial charge in [0.2, 0.25) is 0 Å². The Hall–Kier alpha value is -1.88. The molecule has 1 aromatic heterocycles. The molecule has 0 aliphatic carbocycles. The Balaban J connectivity index is 1.89. The first-order chi connectivity index (χ1) is 10.3. The minimum atomic E-state index is 0.520. The van der Waals surface area contributed by atoms with Crippen LogP contribution in [0.5, 0.6) is 5.75 Å². The molecule has 0 amide bonds. The minimum absolute atomic E-state index is 0.520. The van der Waals surface area contributed by atoms with E-state index in [2.05, 4.69) is 27.8 Å². The highest BCUT2D eigenvalue weighted by molar-refractivity contribution is 5.58. The first-order valence-electron chi connectivity index (χ1n) is 7.67. The Labute approximate surface area is 125 Å². The molecule has 0 saturated heterocycles. The molecular weight excluding hydrogens is 264 g/mol. The molecule has 0 saturated carbocycles. The molecule has 0 spiro atoms. The summed E-state index contributed by atoms with van der Waals surface area (Å²) in [5.74, 6) is 3.39. The molecule has 3 rings (SSSR count). The SMILES string of the molecule is CCCOc1cccc(-c2nnc3n2CC(CN)CC3)c1. The predicted molar refractivity (Wildman–Crippen MR) is 82.1 cm³/mol. The van der Waals surface area contributed by atoms with Crippen molar-refractivity contribution in [1.82, 2.24) is 14.8 Å². The molecule has 0 bridgehead atoms. The van der Waals surface area contributed by atoms with E-state index in [1.807, 2.05) is 18.2 Å². The van der Waals surface area contributed by atoms with Gasteiger partial charge in [-0.3, -0.25) is 0 Å². The van der Waals surface area contributed by atoms with Gasteiger partial charge in [0.1, 0.15) is 11.6 Å². The normalized spacial score (nSPS) is 17.5. The van der Waals surface area contributed by atoms with Gasteiger partial charge >= 0.3 is 0 Å². The van der Waals surface area contributed by atoms with Crippen LogP contribution in [0.4, 0.5) is 0 Å². The molecule has 2 N–H and O–H groups in total. The minimum Gasteiger partial charge on any atom is -0.494 e. The summed E-state index contributed by atoms with van der Waals surface area (Å²) in [6.45, 7) is 4.47. The lowest BCUT2D eigenvalue weighted by molar-refractivity contribution is 0.317. The van der Waals surface area contributed by atoms with Gasteiger partial charge in [-0.25, -0.2) is 0 Å². The number of nitrogens with zero attached hydrogens (tertiary/aromatic N) is 3. The summed E-state index contributed by atoms with van der Waals surface area (Å²) in [5, 5.41) is 8.70. The van der Waals surface area contributed by atoms with Gasteiger partial charge in [-0.05, 0) is 37.4 Å². The number of ether oxygens (including phenoxy) is 1. The fourth-order valence-electron chi connectivity index (χ4n) is 2.75. The van der Waals surface area contributed by atoms with Crippen LogP contribution in [0, 0.1) is 5.92 Å². The number of nitrogens with two attached hydrogens (primary N) is 1. The van der Waals surface area contributed by atoms with Crippen molar-refractivity contribution in [2.45, 2.75) is 32.7 Å². The number of hydrogen-bond acceptors (Lipinski definition) is 4. The van der Waals surface area contributed by atoms with Crippen molar-refractivity contribution in [2.24, 2.45) is 11.7 Å². The van der Waals surface area contributed by atoms with E-state index >= 15 is 0 Å². The smallest absolute Gasteiger partial charge is 0.164 e. The van der Waals surface area contributed by atoms with E-state index in [0.717, 1.165) is 61.9 Å². The van der Waals surface area contributed by atoms with E-state index in [0.29, 0.717) is 5.92 Å². The molecule has 5 nitrogen and oxygen atoms in total. The zero-order chi connectivity index (χ0) is 14.7. The molecule has 1 aromatic carbocycles. The Morgan fingerprint density at radius 1 is 1.38 bits per heavy atom. The number of aromatic nitrogens is 3. The summed E-state index contributed by atoms with van der Waals surface area (Å²) in [5.41, 5.74) is 6.88. The van der Waals surface area contributed by atoms with Gasteiger partial charge in [-0.2, -0.15) is 0 Å². The number of benzene rings is 1. The van der Waals surface area contributed by atoms with Gasteiger partial charge in [-0.15, -0.1) is 10.2 Å². The summed E-state index contributed by atoms with van der Waals surface area (Å²) in [4.78, 5) is 0. The van der Waals surface area contributed by atoms with E-state index in [-0.39, 0.29) is 0 Å². The molecule has 1 unspecified atom stereocenters. The monoisotopic (exact) mass is 286 g/mol. The molecule has 0 radical (unpaired) electrons. The van der Waals surface area contributed by atoms with Gasteiger partial charge in [0, 0.05) is 18.5 Å². The Bertz CT molecular complexity index is 608. The third kappa shape index (κ3) is 2.93. The number of hydrogen-bond donors (Lipinski definition) is 1. The average molecular weight is 286 g/mol. The highest BCUT2D eigenvalue weighted by Crippen LogP contribution is 2.27. The van der Waals surface area contributed by atoms with Crippen molar-refractivity contribution in [3.8, 4) is 17.1 Å². The highest BCUT2D eigenvalue weighted by atomic mass is 16.5. The van der Waals surface area contributed by atoms with Crippen LogP contribution in [-0.4, -0.2) is 27.9 Å².